The van der Waals surface area contributed by atoms with Crippen LogP contribution in [0.2, 0.25) is 5.02 Å². The summed E-state index contributed by atoms with van der Waals surface area (Å²) in [6, 6.07) is 5.86. The number of fused-ring (bicyclic) bond motifs is 1. The van der Waals surface area contributed by atoms with Crippen molar-refractivity contribution in [1.82, 2.24) is 0 Å². The van der Waals surface area contributed by atoms with E-state index < -0.39 is 18.6 Å². The van der Waals surface area contributed by atoms with Crippen molar-refractivity contribution < 1.29 is 17.6 Å². The molecule has 0 saturated carbocycles. The summed E-state index contributed by atoms with van der Waals surface area (Å²) in [6.07, 6.45) is -5.32. The van der Waals surface area contributed by atoms with Gasteiger partial charge in [-0.1, -0.05) is 11.6 Å². The summed E-state index contributed by atoms with van der Waals surface area (Å²) in [4.78, 5) is 0. The zero-order valence-corrected chi connectivity index (χ0v) is 10.1. The molecular weight excluding hydrogens is 267 g/mol. The van der Waals surface area contributed by atoms with Gasteiger partial charge < -0.3 is 10.2 Å². The molecular formula is C12H11ClF3NO. The Hall–Kier alpha value is -1.20. The molecule has 0 spiro atoms. The molecule has 2 aromatic rings. The molecule has 0 aliphatic rings. The summed E-state index contributed by atoms with van der Waals surface area (Å²) in [6.45, 7) is 0. The number of furan rings is 1. The van der Waals surface area contributed by atoms with Gasteiger partial charge in [0.25, 0.3) is 0 Å². The molecule has 98 valence electrons. The van der Waals surface area contributed by atoms with Crippen molar-refractivity contribution in [3.8, 4) is 0 Å². The first-order valence-corrected chi connectivity index (χ1v) is 5.74. The van der Waals surface area contributed by atoms with Crippen molar-refractivity contribution >= 4 is 22.6 Å². The average Bonchev–Trinajstić information content (AvgIpc) is 2.67. The fourth-order valence-electron chi connectivity index (χ4n) is 1.68. The monoisotopic (exact) mass is 277 g/mol. The summed E-state index contributed by atoms with van der Waals surface area (Å²) in [5, 5.41) is 1.28. The summed E-state index contributed by atoms with van der Waals surface area (Å²) >= 11 is 5.81. The van der Waals surface area contributed by atoms with Gasteiger partial charge in [-0.05, 0) is 30.7 Å². The smallest absolute Gasteiger partial charge is 0.389 e. The van der Waals surface area contributed by atoms with Crippen LogP contribution in [-0.4, -0.2) is 6.18 Å². The van der Waals surface area contributed by atoms with Gasteiger partial charge in [-0.3, -0.25) is 0 Å². The molecule has 0 aliphatic carbocycles. The third-order valence-corrected chi connectivity index (χ3v) is 2.84. The predicted molar refractivity (Wildman–Crippen MR) is 63.4 cm³/mol. The van der Waals surface area contributed by atoms with E-state index in [1.54, 1.807) is 24.3 Å². The van der Waals surface area contributed by atoms with E-state index in [1.165, 1.54) is 0 Å². The highest BCUT2D eigenvalue weighted by Gasteiger charge is 2.28. The second-order valence-corrected chi connectivity index (χ2v) is 4.53. The summed E-state index contributed by atoms with van der Waals surface area (Å²) in [7, 11) is 0. The van der Waals surface area contributed by atoms with Gasteiger partial charge in [0, 0.05) is 16.8 Å². The normalized spacial score (nSPS) is 14.1. The van der Waals surface area contributed by atoms with Crippen LogP contribution in [0.25, 0.3) is 11.0 Å². The van der Waals surface area contributed by atoms with E-state index in [0.29, 0.717) is 16.4 Å². The molecule has 18 heavy (non-hydrogen) atoms. The van der Waals surface area contributed by atoms with Crippen LogP contribution >= 0.6 is 11.6 Å². The molecule has 0 aliphatic heterocycles. The topological polar surface area (TPSA) is 39.2 Å². The Morgan fingerprint density at radius 1 is 1.28 bits per heavy atom. The van der Waals surface area contributed by atoms with Gasteiger partial charge >= 0.3 is 6.18 Å². The van der Waals surface area contributed by atoms with E-state index in [-0.39, 0.29) is 6.42 Å². The maximum Gasteiger partial charge on any atom is 0.389 e. The molecule has 2 N–H and O–H groups in total. The lowest BCUT2D eigenvalue weighted by Crippen LogP contribution is -2.15. The minimum Gasteiger partial charge on any atom is -0.459 e. The minimum atomic E-state index is -4.20. The molecule has 2 nitrogen and oxygen atoms in total. The molecule has 1 aromatic heterocycles. The highest BCUT2D eigenvalue weighted by atomic mass is 35.5. The van der Waals surface area contributed by atoms with Crippen LogP contribution in [0.4, 0.5) is 13.2 Å². The van der Waals surface area contributed by atoms with Gasteiger partial charge in [0.15, 0.2) is 0 Å². The van der Waals surface area contributed by atoms with Crippen LogP contribution in [-0.2, 0) is 0 Å². The highest BCUT2D eigenvalue weighted by molar-refractivity contribution is 6.31. The lowest BCUT2D eigenvalue weighted by Gasteiger charge is -2.10. The number of rotatable bonds is 3. The van der Waals surface area contributed by atoms with Crippen molar-refractivity contribution in [2.24, 2.45) is 5.73 Å². The van der Waals surface area contributed by atoms with E-state index in [1.807, 2.05) is 0 Å². The lowest BCUT2D eigenvalue weighted by atomic mass is 10.1. The number of benzene rings is 1. The Kier molecular flexibility index (Phi) is 3.54. The second kappa shape index (κ2) is 4.82. The SMILES string of the molecule is NC(CCC(F)(F)F)c1cc2cc(Cl)ccc2o1. The predicted octanol–water partition coefficient (Wildman–Crippen LogP) is 4.43. The van der Waals surface area contributed by atoms with Crippen molar-refractivity contribution in [3.63, 3.8) is 0 Å². The molecule has 0 amide bonds. The first-order valence-electron chi connectivity index (χ1n) is 5.36. The van der Waals surface area contributed by atoms with Gasteiger partial charge in [0.1, 0.15) is 11.3 Å². The van der Waals surface area contributed by atoms with E-state index >= 15 is 0 Å². The molecule has 0 saturated heterocycles. The molecule has 6 heteroatoms. The first kappa shape index (κ1) is 13.2. The number of nitrogens with two attached hydrogens (primary N) is 1. The number of alkyl halides is 3. The maximum absolute atomic E-state index is 12.1. The minimum absolute atomic E-state index is 0.197. The lowest BCUT2D eigenvalue weighted by molar-refractivity contribution is -0.136. The quantitative estimate of drug-likeness (QED) is 0.901. The van der Waals surface area contributed by atoms with Gasteiger partial charge in [-0.2, -0.15) is 13.2 Å². The van der Waals surface area contributed by atoms with Crippen LogP contribution in [0.5, 0.6) is 0 Å². The Morgan fingerprint density at radius 2 is 2.00 bits per heavy atom. The first-order chi connectivity index (χ1) is 8.35. The van der Waals surface area contributed by atoms with Crippen LogP contribution in [0, 0.1) is 0 Å². The molecule has 1 aromatic carbocycles. The zero-order valence-electron chi connectivity index (χ0n) is 9.30. The van der Waals surface area contributed by atoms with Crippen molar-refractivity contribution in [3.05, 3.63) is 35.0 Å². The van der Waals surface area contributed by atoms with Gasteiger partial charge in [-0.15, -0.1) is 0 Å². The molecule has 2 rings (SSSR count). The molecule has 0 fully saturated rings. The van der Waals surface area contributed by atoms with Crippen LogP contribution in [0.1, 0.15) is 24.6 Å². The van der Waals surface area contributed by atoms with Gasteiger partial charge in [-0.25, -0.2) is 0 Å². The van der Waals surface area contributed by atoms with Crippen LogP contribution in [0.15, 0.2) is 28.7 Å². The summed E-state index contributed by atoms with van der Waals surface area (Å²) in [5.41, 5.74) is 6.24. The zero-order chi connectivity index (χ0) is 13.3. The summed E-state index contributed by atoms with van der Waals surface area (Å²) in [5.74, 6) is 0.344. The number of hydrogen-bond donors (Lipinski definition) is 1. The Labute approximate surface area is 107 Å². The van der Waals surface area contributed by atoms with Crippen molar-refractivity contribution in [2.45, 2.75) is 25.1 Å². The molecule has 1 unspecified atom stereocenters. The summed E-state index contributed by atoms with van der Waals surface area (Å²) < 4.78 is 41.7. The number of hydrogen-bond acceptors (Lipinski definition) is 2. The Bertz CT molecular complexity index is 550. The molecule has 0 bridgehead atoms. The molecule has 0 radical (unpaired) electrons. The fraction of sp³-hybridized carbons (Fsp3) is 0.333. The third kappa shape index (κ3) is 3.17. The second-order valence-electron chi connectivity index (χ2n) is 4.09. The van der Waals surface area contributed by atoms with Crippen LogP contribution < -0.4 is 5.73 Å². The Morgan fingerprint density at radius 3 is 2.67 bits per heavy atom. The van der Waals surface area contributed by atoms with E-state index in [9.17, 15) is 13.2 Å². The Balaban J connectivity index is 2.15. The van der Waals surface area contributed by atoms with E-state index in [0.717, 1.165) is 5.39 Å². The maximum atomic E-state index is 12.1. The van der Waals surface area contributed by atoms with Gasteiger partial charge in [0.05, 0.1) is 6.04 Å². The van der Waals surface area contributed by atoms with Crippen molar-refractivity contribution in [1.29, 1.82) is 0 Å². The molecule has 1 heterocycles. The van der Waals surface area contributed by atoms with Crippen molar-refractivity contribution in [2.75, 3.05) is 0 Å². The van der Waals surface area contributed by atoms with E-state index in [2.05, 4.69) is 0 Å². The standard InChI is InChI=1S/C12H11ClF3NO/c13-8-1-2-10-7(5-8)6-11(18-10)9(17)3-4-12(14,15)16/h1-2,5-6,9H,3-4,17H2. The largest absolute Gasteiger partial charge is 0.459 e. The molecule has 1 atom stereocenters. The number of halogens is 4. The third-order valence-electron chi connectivity index (χ3n) is 2.60. The van der Waals surface area contributed by atoms with Gasteiger partial charge in [0.2, 0.25) is 0 Å². The van der Waals surface area contributed by atoms with Crippen LogP contribution in [0.3, 0.4) is 0 Å². The highest BCUT2D eigenvalue weighted by Crippen LogP contribution is 2.30. The average molecular weight is 278 g/mol. The fourth-order valence-corrected chi connectivity index (χ4v) is 1.86. The van der Waals surface area contributed by atoms with E-state index in [4.69, 9.17) is 21.8 Å².